The highest BCUT2D eigenvalue weighted by Crippen LogP contribution is 2.50. The lowest BCUT2D eigenvalue weighted by Gasteiger charge is -2.36. The molecule has 4 rings (SSSR count). The molecule has 0 spiro atoms. The van der Waals surface area contributed by atoms with E-state index in [4.69, 9.17) is 18.9 Å². The summed E-state index contributed by atoms with van der Waals surface area (Å²) in [4.78, 5) is 2.24. The van der Waals surface area contributed by atoms with Gasteiger partial charge in [0.25, 0.3) is 0 Å². The molecule has 0 fully saturated rings. The first-order valence-corrected chi connectivity index (χ1v) is 9.21. The third-order valence-corrected chi connectivity index (χ3v) is 5.47. The van der Waals surface area contributed by atoms with Crippen molar-refractivity contribution >= 4 is 5.71 Å². The van der Waals surface area contributed by atoms with E-state index < -0.39 is 0 Å². The van der Waals surface area contributed by atoms with Crippen molar-refractivity contribution in [3.63, 3.8) is 0 Å². The van der Waals surface area contributed by atoms with Gasteiger partial charge < -0.3 is 24.2 Å². The second-order valence-corrected chi connectivity index (χ2v) is 6.91. The van der Waals surface area contributed by atoms with E-state index in [1.54, 1.807) is 14.2 Å². The lowest BCUT2D eigenvalue weighted by atomic mass is 9.87. The molecule has 0 aromatic heterocycles. The SMILES string of the molecule is COc1ccccc1C(C[C@@H]1c2c(cc3c(c2OC)OCO3)CCN1C)=NO. The topological polar surface area (TPSA) is 72.8 Å². The van der Waals surface area contributed by atoms with Crippen LogP contribution in [0.1, 0.15) is 29.2 Å². The largest absolute Gasteiger partial charge is 0.496 e. The molecule has 2 heterocycles. The summed E-state index contributed by atoms with van der Waals surface area (Å²) in [7, 11) is 5.32. The number of methoxy groups -OCH3 is 2. The molecule has 148 valence electrons. The van der Waals surface area contributed by atoms with Gasteiger partial charge in [0, 0.05) is 30.1 Å². The molecule has 0 radical (unpaired) electrons. The number of para-hydroxylation sites is 1. The summed E-state index contributed by atoms with van der Waals surface area (Å²) in [5.41, 5.74) is 3.55. The first-order valence-electron chi connectivity index (χ1n) is 9.21. The Kier molecular flexibility index (Phi) is 5.00. The zero-order valence-electron chi connectivity index (χ0n) is 16.3. The molecule has 0 saturated heterocycles. The van der Waals surface area contributed by atoms with E-state index in [9.17, 15) is 5.21 Å². The quantitative estimate of drug-likeness (QED) is 0.485. The molecular formula is C21H24N2O5. The van der Waals surface area contributed by atoms with Crippen molar-refractivity contribution in [3.8, 4) is 23.0 Å². The zero-order valence-corrected chi connectivity index (χ0v) is 16.3. The smallest absolute Gasteiger partial charge is 0.231 e. The van der Waals surface area contributed by atoms with Crippen LogP contribution in [0.4, 0.5) is 0 Å². The number of fused-ring (bicyclic) bond motifs is 2. The van der Waals surface area contributed by atoms with Crippen molar-refractivity contribution < 1.29 is 24.2 Å². The summed E-state index contributed by atoms with van der Waals surface area (Å²) in [6.45, 7) is 1.07. The van der Waals surface area contributed by atoms with Crippen molar-refractivity contribution in [2.75, 3.05) is 34.6 Å². The van der Waals surface area contributed by atoms with Crippen molar-refractivity contribution in [1.29, 1.82) is 0 Å². The van der Waals surface area contributed by atoms with Crippen LogP contribution in [0, 0.1) is 0 Å². The standard InChI is InChI=1S/C21H24N2O5/c1-23-9-8-13-10-18-20(28-12-27-18)21(26-3)19(13)16(23)11-15(22-24)14-6-4-5-7-17(14)25-2/h4-7,10,16,24H,8-9,11-12H2,1-3H3/t16-/m1/s1. The average Bonchev–Trinajstić information content (AvgIpc) is 3.20. The van der Waals surface area contributed by atoms with Gasteiger partial charge in [-0.1, -0.05) is 17.3 Å². The number of hydrogen-bond acceptors (Lipinski definition) is 7. The summed E-state index contributed by atoms with van der Waals surface area (Å²) in [6.07, 6.45) is 1.38. The molecule has 2 aliphatic rings. The van der Waals surface area contributed by atoms with Crippen LogP contribution in [0.3, 0.4) is 0 Å². The molecule has 2 aromatic rings. The van der Waals surface area contributed by atoms with Crippen molar-refractivity contribution in [2.24, 2.45) is 5.16 Å². The van der Waals surface area contributed by atoms with Gasteiger partial charge in [-0.25, -0.2) is 0 Å². The average molecular weight is 384 g/mol. The Morgan fingerprint density at radius 3 is 2.82 bits per heavy atom. The Hall–Kier alpha value is -2.93. The molecule has 0 amide bonds. The Morgan fingerprint density at radius 1 is 1.25 bits per heavy atom. The summed E-state index contributed by atoms with van der Waals surface area (Å²) >= 11 is 0. The summed E-state index contributed by atoms with van der Waals surface area (Å²) in [5, 5.41) is 13.4. The van der Waals surface area contributed by atoms with Gasteiger partial charge in [-0.05, 0) is 37.2 Å². The molecule has 1 N–H and O–H groups in total. The normalized spacial score (nSPS) is 18.7. The van der Waals surface area contributed by atoms with Crippen LogP contribution < -0.4 is 18.9 Å². The van der Waals surface area contributed by atoms with Crippen LogP contribution in [-0.2, 0) is 6.42 Å². The molecular weight excluding hydrogens is 360 g/mol. The highest BCUT2D eigenvalue weighted by atomic mass is 16.7. The van der Waals surface area contributed by atoms with E-state index in [-0.39, 0.29) is 12.8 Å². The van der Waals surface area contributed by atoms with E-state index in [0.717, 1.165) is 29.8 Å². The first kappa shape index (κ1) is 18.4. The van der Waals surface area contributed by atoms with E-state index in [0.29, 0.717) is 29.4 Å². The molecule has 7 heteroatoms. The fraction of sp³-hybridized carbons (Fsp3) is 0.381. The van der Waals surface area contributed by atoms with Gasteiger partial charge in [-0.2, -0.15) is 0 Å². The number of oxime groups is 1. The second kappa shape index (κ2) is 7.59. The van der Waals surface area contributed by atoms with E-state index in [1.165, 1.54) is 5.56 Å². The van der Waals surface area contributed by atoms with Crippen molar-refractivity contribution in [2.45, 2.75) is 18.9 Å². The minimum atomic E-state index is -0.0380. The highest BCUT2D eigenvalue weighted by molar-refractivity contribution is 6.03. The Bertz CT molecular complexity index is 912. The van der Waals surface area contributed by atoms with Gasteiger partial charge in [0.1, 0.15) is 5.75 Å². The van der Waals surface area contributed by atoms with Crippen LogP contribution >= 0.6 is 0 Å². The third-order valence-electron chi connectivity index (χ3n) is 5.47. The number of nitrogens with zero attached hydrogens (tertiary/aromatic N) is 2. The van der Waals surface area contributed by atoms with E-state index >= 15 is 0 Å². The maximum Gasteiger partial charge on any atom is 0.231 e. The van der Waals surface area contributed by atoms with Crippen LogP contribution in [0.2, 0.25) is 0 Å². The molecule has 0 saturated carbocycles. The minimum Gasteiger partial charge on any atom is -0.496 e. The van der Waals surface area contributed by atoms with Crippen molar-refractivity contribution in [1.82, 2.24) is 4.90 Å². The van der Waals surface area contributed by atoms with Crippen LogP contribution in [-0.4, -0.2) is 50.4 Å². The van der Waals surface area contributed by atoms with Crippen molar-refractivity contribution in [3.05, 3.63) is 47.0 Å². The van der Waals surface area contributed by atoms with Crippen LogP contribution in [0.15, 0.2) is 35.5 Å². The first-order chi connectivity index (χ1) is 13.7. The summed E-state index contributed by atoms with van der Waals surface area (Å²) < 4.78 is 22.4. The van der Waals surface area contributed by atoms with Crippen LogP contribution in [0.25, 0.3) is 0 Å². The monoisotopic (exact) mass is 384 g/mol. The predicted molar refractivity (Wildman–Crippen MR) is 104 cm³/mol. The number of hydrogen-bond donors (Lipinski definition) is 1. The lowest BCUT2D eigenvalue weighted by Crippen LogP contribution is -2.34. The van der Waals surface area contributed by atoms with E-state index in [1.807, 2.05) is 30.3 Å². The number of benzene rings is 2. The van der Waals surface area contributed by atoms with Gasteiger partial charge in [0.05, 0.1) is 19.9 Å². The van der Waals surface area contributed by atoms with Crippen LogP contribution in [0.5, 0.6) is 23.0 Å². The number of ether oxygens (including phenoxy) is 4. The lowest BCUT2D eigenvalue weighted by molar-refractivity contribution is 0.170. The Labute approximate surface area is 164 Å². The highest BCUT2D eigenvalue weighted by Gasteiger charge is 2.35. The molecule has 1 atom stereocenters. The van der Waals surface area contributed by atoms with Gasteiger partial charge in [-0.3, -0.25) is 4.90 Å². The predicted octanol–water partition coefficient (Wildman–Crippen LogP) is 3.23. The number of rotatable bonds is 5. The van der Waals surface area contributed by atoms with Gasteiger partial charge in [-0.15, -0.1) is 0 Å². The molecule has 2 aliphatic heterocycles. The molecule has 2 aromatic carbocycles. The summed E-state index contributed by atoms with van der Waals surface area (Å²) in [6, 6.07) is 9.55. The van der Waals surface area contributed by atoms with Gasteiger partial charge in [0.15, 0.2) is 11.5 Å². The molecule has 7 nitrogen and oxygen atoms in total. The van der Waals surface area contributed by atoms with Gasteiger partial charge >= 0.3 is 0 Å². The minimum absolute atomic E-state index is 0.0380. The molecule has 0 unspecified atom stereocenters. The molecule has 0 aliphatic carbocycles. The zero-order chi connectivity index (χ0) is 19.7. The maximum absolute atomic E-state index is 9.78. The fourth-order valence-electron chi connectivity index (χ4n) is 4.05. The molecule has 28 heavy (non-hydrogen) atoms. The summed E-state index contributed by atoms with van der Waals surface area (Å²) in [5.74, 6) is 2.73. The van der Waals surface area contributed by atoms with Gasteiger partial charge in [0.2, 0.25) is 12.5 Å². The Morgan fingerprint density at radius 2 is 2.07 bits per heavy atom. The maximum atomic E-state index is 9.78. The Balaban J connectivity index is 1.77. The second-order valence-electron chi connectivity index (χ2n) is 6.91. The van der Waals surface area contributed by atoms with E-state index in [2.05, 4.69) is 17.1 Å². The number of likely N-dealkylation sites (N-methyl/N-ethyl adjacent to an activating group) is 1. The molecule has 0 bridgehead atoms. The fourth-order valence-corrected chi connectivity index (χ4v) is 4.05. The third kappa shape index (κ3) is 3.01.